The van der Waals surface area contributed by atoms with Crippen molar-refractivity contribution in [2.24, 2.45) is 5.73 Å². The minimum atomic E-state index is -0.889. The first-order chi connectivity index (χ1) is 17.3. The lowest BCUT2D eigenvalue weighted by molar-refractivity contribution is -0.133. The molecule has 9 nitrogen and oxygen atoms in total. The molecular weight excluding hydrogens is 480 g/mol. The van der Waals surface area contributed by atoms with E-state index in [1.807, 2.05) is 19.1 Å². The Balaban J connectivity index is 2.05. The monoisotopic (exact) mass is 502 g/mol. The maximum absolute atomic E-state index is 13.8. The number of aryl methyl sites for hydroxylation is 1. The van der Waals surface area contributed by atoms with Crippen LogP contribution in [0.25, 0.3) is 17.5 Å². The lowest BCUT2D eigenvalue weighted by Crippen LogP contribution is -2.40. The second-order valence-electron chi connectivity index (χ2n) is 7.93. The maximum Gasteiger partial charge on any atom is 0.332 e. The summed E-state index contributed by atoms with van der Waals surface area (Å²) < 4.78 is 11.3. The van der Waals surface area contributed by atoms with Crippen molar-refractivity contribution in [2.75, 3.05) is 19.5 Å². The van der Waals surface area contributed by atoms with E-state index >= 15 is 0 Å². The molecule has 0 aliphatic carbocycles. The van der Waals surface area contributed by atoms with Crippen molar-refractivity contribution >= 4 is 46.4 Å². The Hall–Kier alpha value is -4.62. The van der Waals surface area contributed by atoms with Crippen LogP contribution in [0, 0.1) is 18.3 Å². The smallest absolute Gasteiger partial charge is 0.332 e. The fraction of sp³-hybridized carbons (Fsp3) is 0.154. The molecule has 0 radical (unpaired) electrons. The molecule has 3 N–H and O–H groups in total. The fourth-order valence-electron chi connectivity index (χ4n) is 3.92. The lowest BCUT2D eigenvalue weighted by Gasteiger charge is -2.25. The number of ether oxygens (including phenoxy) is 2. The molecule has 3 aromatic rings. The number of hydrogen-bond donors (Lipinski definition) is 2. The molecule has 2 aromatic carbocycles. The minimum absolute atomic E-state index is 0.0176. The first kappa shape index (κ1) is 24.5. The molecule has 0 spiro atoms. The largest absolute Gasteiger partial charge is 0.497 e. The molecule has 0 bridgehead atoms. The SMILES string of the molecule is COC(=O)C=c1sc2n(c1=O)C(N)=C(C#N)C(c1cccc(OC)c1)C=2C(=O)Nc1ccc(C)cc1. The highest BCUT2D eigenvalue weighted by Crippen LogP contribution is 2.37. The molecule has 1 aliphatic rings. The molecule has 182 valence electrons. The highest BCUT2D eigenvalue weighted by atomic mass is 32.1. The predicted octanol–water partition coefficient (Wildman–Crippen LogP) is 1.42. The zero-order valence-corrected chi connectivity index (χ0v) is 20.5. The third kappa shape index (κ3) is 4.39. The van der Waals surface area contributed by atoms with E-state index in [9.17, 15) is 19.6 Å². The lowest BCUT2D eigenvalue weighted by atomic mass is 9.83. The van der Waals surface area contributed by atoms with Crippen molar-refractivity contribution in [3.05, 3.63) is 84.8 Å². The first-order valence-electron chi connectivity index (χ1n) is 10.8. The van der Waals surface area contributed by atoms with Gasteiger partial charge in [-0.05, 0) is 36.8 Å². The number of hydrogen-bond acceptors (Lipinski definition) is 8. The number of rotatable bonds is 5. The number of thiazole rings is 1. The topological polar surface area (TPSA) is 136 Å². The number of carbonyl (C=O) groups is 2. The number of carbonyl (C=O) groups excluding carboxylic acids is 2. The molecule has 10 heteroatoms. The number of esters is 1. The molecule has 2 heterocycles. The Morgan fingerprint density at radius 1 is 1.19 bits per heavy atom. The van der Waals surface area contributed by atoms with Gasteiger partial charge in [-0.15, -0.1) is 11.3 Å². The van der Waals surface area contributed by atoms with Crippen molar-refractivity contribution in [1.82, 2.24) is 4.57 Å². The molecule has 1 aliphatic heterocycles. The predicted molar refractivity (Wildman–Crippen MR) is 136 cm³/mol. The van der Waals surface area contributed by atoms with Gasteiger partial charge in [0.25, 0.3) is 11.5 Å². The van der Waals surface area contributed by atoms with Gasteiger partial charge in [-0.2, -0.15) is 5.26 Å². The number of allylic oxidation sites excluding steroid dienone is 1. The van der Waals surface area contributed by atoms with Gasteiger partial charge in [-0.1, -0.05) is 29.8 Å². The van der Waals surface area contributed by atoms with Crippen LogP contribution in [-0.2, 0) is 14.3 Å². The molecule has 1 aromatic heterocycles. The molecule has 36 heavy (non-hydrogen) atoms. The highest BCUT2D eigenvalue weighted by Gasteiger charge is 2.36. The van der Waals surface area contributed by atoms with Crippen molar-refractivity contribution in [3.63, 3.8) is 0 Å². The van der Waals surface area contributed by atoms with Crippen molar-refractivity contribution in [3.8, 4) is 11.8 Å². The molecule has 1 amide bonds. The van der Waals surface area contributed by atoms with E-state index in [1.54, 1.807) is 36.4 Å². The van der Waals surface area contributed by atoms with E-state index in [1.165, 1.54) is 14.2 Å². The number of nitriles is 1. The maximum atomic E-state index is 13.8. The molecule has 0 fully saturated rings. The van der Waals surface area contributed by atoms with Gasteiger partial charge in [-0.25, -0.2) is 4.79 Å². The number of methoxy groups -OCH3 is 2. The van der Waals surface area contributed by atoms with Crippen LogP contribution in [0.15, 0.2) is 58.9 Å². The van der Waals surface area contributed by atoms with Crippen LogP contribution in [0.1, 0.15) is 17.0 Å². The van der Waals surface area contributed by atoms with Gasteiger partial charge < -0.3 is 20.5 Å². The summed E-state index contributed by atoms with van der Waals surface area (Å²) in [6.07, 6.45) is 1.04. The van der Waals surface area contributed by atoms with Crippen molar-refractivity contribution in [1.29, 1.82) is 5.26 Å². The van der Waals surface area contributed by atoms with Gasteiger partial charge in [0.2, 0.25) is 0 Å². The summed E-state index contributed by atoms with van der Waals surface area (Å²) in [7, 11) is 2.70. The van der Waals surface area contributed by atoms with Gasteiger partial charge in [0.1, 0.15) is 20.8 Å². The van der Waals surface area contributed by atoms with Crippen LogP contribution >= 0.6 is 11.3 Å². The number of nitrogens with two attached hydrogens (primary N) is 1. The minimum Gasteiger partial charge on any atom is -0.497 e. The summed E-state index contributed by atoms with van der Waals surface area (Å²) >= 11 is 0.921. The summed E-state index contributed by atoms with van der Waals surface area (Å²) in [6.45, 7) is 1.93. The normalized spacial score (nSPS) is 15.2. The summed E-state index contributed by atoms with van der Waals surface area (Å²) in [6, 6.07) is 16.2. The molecule has 0 saturated heterocycles. The van der Waals surface area contributed by atoms with Crippen molar-refractivity contribution in [2.45, 2.75) is 12.8 Å². The summed E-state index contributed by atoms with van der Waals surface area (Å²) in [5, 5.41) is 12.9. The number of anilines is 1. The standard InChI is InChI=1S/C26H22N4O5S/c1-14-7-9-16(10-8-14)29-24(32)22-21(15-5-4-6-17(11-15)34-2)18(13-27)23(28)30-25(33)19(36-26(22)30)12-20(31)35-3/h4-12,21H,28H2,1-3H3,(H,29,32). The summed E-state index contributed by atoms with van der Waals surface area (Å²) in [5.74, 6) is -1.73. The Morgan fingerprint density at radius 3 is 2.56 bits per heavy atom. The van der Waals surface area contributed by atoms with Crippen LogP contribution in [-0.4, -0.2) is 30.7 Å². The van der Waals surface area contributed by atoms with E-state index in [0.717, 1.165) is 27.5 Å². The number of nitrogens with one attached hydrogen (secondary N) is 1. The zero-order chi connectivity index (χ0) is 26.0. The molecule has 1 atom stereocenters. The second-order valence-corrected chi connectivity index (χ2v) is 8.96. The summed E-state index contributed by atoms with van der Waals surface area (Å²) in [5.41, 5.74) is 8.00. The highest BCUT2D eigenvalue weighted by molar-refractivity contribution is 7.07. The van der Waals surface area contributed by atoms with E-state index in [0.29, 0.717) is 17.0 Å². The average Bonchev–Trinajstić information content (AvgIpc) is 3.20. The van der Waals surface area contributed by atoms with Crippen molar-refractivity contribution < 1.29 is 19.1 Å². The van der Waals surface area contributed by atoms with Gasteiger partial charge in [-0.3, -0.25) is 14.2 Å². The number of amides is 1. The zero-order valence-electron chi connectivity index (χ0n) is 19.7. The fourth-order valence-corrected chi connectivity index (χ4v) is 5.06. The Morgan fingerprint density at radius 2 is 1.92 bits per heavy atom. The Kier molecular flexibility index (Phi) is 6.76. The number of fused-ring (bicyclic) bond motifs is 1. The van der Waals surface area contributed by atoms with E-state index in [-0.39, 0.29) is 26.2 Å². The Bertz CT molecular complexity index is 1620. The van der Waals surface area contributed by atoms with Crippen LogP contribution in [0.5, 0.6) is 5.75 Å². The number of nitrogens with zero attached hydrogens (tertiary/aromatic N) is 2. The molecule has 4 rings (SSSR count). The second kappa shape index (κ2) is 9.93. The molecule has 1 unspecified atom stereocenters. The van der Waals surface area contributed by atoms with E-state index < -0.39 is 23.4 Å². The first-order valence-corrected chi connectivity index (χ1v) is 11.6. The van der Waals surface area contributed by atoms with Crippen LogP contribution in [0.3, 0.4) is 0 Å². The van der Waals surface area contributed by atoms with Gasteiger partial charge in [0.15, 0.2) is 0 Å². The summed E-state index contributed by atoms with van der Waals surface area (Å²) in [4.78, 5) is 38.8. The molecule has 0 saturated carbocycles. The van der Waals surface area contributed by atoms with Crippen LogP contribution < -0.4 is 30.5 Å². The number of aromatic nitrogens is 1. The molecular formula is C26H22N4O5S. The van der Waals surface area contributed by atoms with Crippen LogP contribution in [0.4, 0.5) is 5.69 Å². The van der Waals surface area contributed by atoms with E-state index in [4.69, 9.17) is 10.5 Å². The van der Waals surface area contributed by atoms with Gasteiger partial charge in [0.05, 0.1) is 37.4 Å². The Labute approximate surface area is 210 Å². The third-order valence-electron chi connectivity index (χ3n) is 5.70. The average molecular weight is 503 g/mol. The van der Waals surface area contributed by atoms with Crippen LogP contribution in [0.2, 0.25) is 0 Å². The third-order valence-corrected chi connectivity index (χ3v) is 6.81. The quantitative estimate of drug-likeness (QED) is 0.504. The van der Waals surface area contributed by atoms with Gasteiger partial charge >= 0.3 is 5.97 Å². The van der Waals surface area contributed by atoms with Gasteiger partial charge in [0, 0.05) is 11.8 Å². The number of benzene rings is 2. The van der Waals surface area contributed by atoms with E-state index in [2.05, 4.69) is 16.1 Å².